The summed E-state index contributed by atoms with van der Waals surface area (Å²) in [6, 6.07) is 17.6. The molecule has 0 spiro atoms. The molecule has 1 fully saturated rings. The van der Waals surface area contributed by atoms with Gasteiger partial charge in [0.1, 0.15) is 0 Å². The number of aromatic nitrogens is 1. The summed E-state index contributed by atoms with van der Waals surface area (Å²) in [7, 11) is 2.00. The minimum Gasteiger partial charge on any atom is -0.351 e. The normalized spacial score (nSPS) is 14.8. The highest BCUT2D eigenvalue weighted by Gasteiger charge is 2.30. The van der Waals surface area contributed by atoms with E-state index in [2.05, 4.69) is 6.92 Å². The highest BCUT2D eigenvalue weighted by Crippen LogP contribution is 2.25. The van der Waals surface area contributed by atoms with Gasteiger partial charge in [-0.3, -0.25) is 9.59 Å². The molecule has 2 amide bonds. The standard InChI is InChI=1S/C25H29N3O2/c1-3-15-28(25(30)22-10-7-11-23-21(22)14-16-26(23)2)20-12-17-27(18-13-20)24(29)19-8-5-4-6-9-19/h4-11,14,16,20H,3,12-13,15,17-18H2,1-2H3. The van der Waals surface area contributed by atoms with Crippen LogP contribution in [0, 0.1) is 0 Å². The lowest BCUT2D eigenvalue weighted by atomic mass is 10.00. The number of fused-ring (bicyclic) bond motifs is 1. The Balaban J connectivity index is 1.50. The van der Waals surface area contributed by atoms with Gasteiger partial charge in [0.15, 0.2) is 0 Å². The van der Waals surface area contributed by atoms with Gasteiger partial charge in [-0.1, -0.05) is 31.2 Å². The first-order valence-electron chi connectivity index (χ1n) is 10.8. The van der Waals surface area contributed by atoms with E-state index >= 15 is 0 Å². The Morgan fingerprint density at radius 2 is 1.73 bits per heavy atom. The maximum Gasteiger partial charge on any atom is 0.254 e. The number of aryl methyl sites for hydroxylation is 1. The van der Waals surface area contributed by atoms with Crippen molar-refractivity contribution in [3.8, 4) is 0 Å². The first-order chi connectivity index (χ1) is 14.6. The fraction of sp³-hybridized carbons (Fsp3) is 0.360. The Hall–Kier alpha value is -3.08. The van der Waals surface area contributed by atoms with E-state index in [0.717, 1.165) is 47.8 Å². The van der Waals surface area contributed by atoms with Crippen LogP contribution in [-0.2, 0) is 7.05 Å². The van der Waals surface area contributed by atoms with Crippen LogP contribution in [0.5, 0.6) is 0 Å². The molecule has 2 heterocycles. The molecule has 156 valence electrons. The van der Waals surface area contributed by atoms with Gasteiger partial charge in [-0.05, 0) is 49.6 Å². The van der Waals surface area contributed by atoms with Crippen molar-refractivity contribution in [3.63, 3.8) is 0 Å². The van der Waals surface area contributed by atoms with Crippen molar-refractivity contribution in [2.45, 2.75) is 32.2 Å². The minimum atomic E-state index is 0.0801. The molecular formula is C25H29N3O2. The topological polar surface area (TPSA) is 45.6 Å². The van der Waals surface area contributed by atoms with Crippen LogP contribution >= 0.6 is 0 Å². The molecule has 0 N–H and O–H groups in total. The van der Waals surface area contributed by atoms with Crippen LogP contribution in [0.4, 0.5) is 0 Å². The van der Waals surface area contributed by atoms with Crippen LogP contribution in [-0.4, -0.2) is 51.9 Å². The molecule has 2 aromatic carbocycles. The van der Waals surface area contributed by atoms with Gasteiger partial charge in [0.25, 0.3) is 11.8 Å². The maximum atomic E-state index is 13.5. The molecule has 0 radical (unpaired) electrons. The van der Waals surface area contributed by atoms with E-state index in [0.29, 0.717) is 13.1 Å². The van der Waals surface area contributed by atoms with E-state index in [1.165, 1.54) is 0 Å². The van der Waals surface area contributed by atoms with Crippen molar-refractivity contribution in [3.05, 3.63) is 71.9 Å². The van der Waals surface area contributed by atoms with Gasteiger partial charge >= 0.3 is 0 Å². The van der Waals surface area contributed by atoms with Gasteiger partial charge in [0.05, 0.1) is 0 Å². The average molecular weight is 404 g/mol. The summed E-state index contributed by atoms with van der Waals surface area (Å²) in [6.45, 7) is 4.21. The number of likely N-dealkylation sites (tertiary alicyclic amines) is 1. The van der Waals surface area contributed by atoms with Crippen molar-refractivity contribution >= 4 is 22.7 Å². The minimum absolute atomic E-state index is 0.0801. The van der Waals surface area contributed by atoms with Crippen molar-refractivity contribution in [2.24, 2.45) is 7.05 Å². The zero-order valence-electron chi connectivity index (χ0n) is 17.8. The summed E-state index contributed by atoms with van der Waals surface area (Å²) in [6.07, 6.45) is 4.54. The summed E-state index contributed by atoms with van der Waals surface area (Å²) in [5.41, 5.74) is 2.57. The fourth-order valence-corrected chi connectivity index (χ4v) is 4.48. The largest absolute Gasteiger partial charge is 0.351 e. The molecule has 5 heteroatoms. The molecule has 5 nitrogen and oxygen atoms in total. The molecule has 30 heavy (non-hydrogen) atoms. The Kier molecular flexibility index (Phi) is 5.88. The van der Waals surface area contributed by atoms with Crippen LogP contribution in [0.25, 0.3) is 10.9 Å². The number of piperidine rings is 1. The van der Waals surface area contributed by atoms with E-state index < -0.39 is 0 Å². The first kappa shape index (κ1) is 20.2. The van der Waals surface area contributed by atoms with Crippen molar-refractivity contribution in [2.75, 3.05) is 19.6 Å². The van der Waals surface area contributed by atoms with Crippen LogP contribution in [0.2, 0.25) is 0 Å². The van der Waals surface area contributed by atoms with Crippen molar-refractivity contribution < 1.29 is 9.59 Å². The second-order valence-electron chi connectivity index (χ2n) is 8.05. The van der Waals surface area contributed by atoms with Crippen molar-refractivity contribution in [1.29, 1.82) is 0 Å². The highest BCUT2D eigenvalue weighted by molar-refractivity contribution is 6.06. The van der Waals surface area contributed by atoms with E-state index in [4.69, 9.17) is 0 Å². The molecule has 1 aliphatic heterocycles. The molecule has 3 aromatic rings. The maximum absolute atomic E-state index is 13.5. The zero-order valence-corrected chi connectivity index (χ0v) is 17.8. The Morgan fingerprint density at radius 3 is 2.43 bits per heavy atom. The molecule has 0 bridgehead atoms. The number of benzene rings is 2. The number of hydrogen-bond donors (Lipinski definition) is 0. The van der Waals surface area contributed by atoms with Crippen LogP contribution in [0.3, 0.4) is 0 Å². The summed E-state index contributed by atoms with van der Waals surface area (Å²) in [4.78, 5) is 30.2. The fourth-order valence-electron chi connectivity index (χ4n) is 4.48. The Bertz CT molecular complexity index is 1030. The van der Waals surface area contributed by atoms with Crippen LogP contribution in [0.1, 0.15) is 46.9 Å². The van der Waals surface area contributed by atoms with Gasteiger partial charge in [-0.25, -0.2) is 0 Å². The van der Waals surface area contributed by atoms with E-state index in [1.54, 1.807) is 0 Å². The smallest absolute Gasteiger partial charge is 0.254 e. The van der Waals surface area contributed by atoms with Gasteiger partial charge < -0.3 is 14.4 Å². The molecular weight excluding hydrogens is 374 g/mol. The molecule has 1 aromatic heterocycles. The second kappa shape index (κ2) is 8.74. The highest BCUT2D eigenvalue weighted by atomic mass is 16.2. The van der Waals surface area contributed by atoms with Gasteiger partial charge in [-0.2, -0.15) is 0 Å². The van der Waals surface area contributed by atoms with E-state index in [9.17, 15) is 9.59 Å². The summed E-state index contributed by atoms with van der Waals surface area (Å²) >= 11 is 0. The number of rotatable bonds is 5. The lowest BCUT2D eigenvalue weighted by molar-refractivity contribution is 0.0520. The molecule has 0 aliphatic carbocycles. The predicted octanol–water partition coefficient (Wildman–Crippen LogP) is 4.34. The summed E-state index contributed by atoms with van der Waals surface area (Å²) in [5, 5.41) is 1.00. The molecule has 4 rings (SSSR count). The number of nitrogens with zero attached hydrogens (tertiary/aromatic N) is 3. The quantitative estimate of drug-likeness (QED) is 0.636. The zero-order chi connectivity index (χ0) is 21.1. The van der Waals surface area contributed by atoms with Crippen molar-refractivity contribution in [1.82, 2.24) is 14.4 Å². The Morgan fingerprint density at radius 1 is 1.00 bits per heavy atom. The van der Waals surface area contributed by atoms with E-state index in [-0.39, 0.29) is 17.9 Å². The molecule has 0 saturated carbocycles. The molecule has 0 atom stereocenters. The monoisotopic (exact) mass is 403 g/mol. The third kappa shape index (κ3) is 3.84. The SMILES string of the molecule is CCCN(C(=O)c1cccc2c1ccn2C)C1CCN(C(=O)c2ccccc2)CC1. The van der Waals surface area contributed by atoms with Crippen LogP contribution < -0.4 is 0 Å². The van der Waals surface area contributed by atoms with Gasteiger partial charge in [-0.15, -0.1) is 0 Å². The first-order valence-corrected chi connectivity index (χ1v) is 10.8. The lowest BCUT2D eigenvalue weighted by Gasteiger charge is -2.38. The summed E-state index contributed by atoms with van der Waals surface area (Å²) in [5.74, 6) is 0.179. The number of amides is 2. The number of carbonyl (C=O) groups excluding carboxylic acids is 2. The molecule has 1 saturated heterocycles. The van der Waals surface area contributed by atoms with Crippen LogP contribution in [0.15, 0.2) is 60.8 Å². The number of carbonyl (C=O) groups is 2. The average Bonchev–Trinajstić information content (AvgIpc) is 3.18. The number of hydrogen-bond acceptors (Lipinski definition) is 2. The predicted molar refractivity (Wildman–Crippen MR) is 120 cm³/mol. The lowest BCUT2D eigenvalue weighted by Crippen LogP contribution is -2.49. The van der Waals surface area contributed by atoms with Gasteiger partial charge in [0, 0.05) is 61.0 Å². The molecule has 1 aliphatic rings. The third-order valence-corrected chi connectivity index (χ3v) is 6.10. The van der Waals surface area contributed by atoms with Gasteiger partial charge in [0.2, 0.25) is 0 Å². The van der Waals surface area contributed by atoms with E-state index in [1.807, 2.05) is 82.2 Å². The second-order valence-corrected chi connectivity index (χ2v) is 8.05. The molecule has 0 unspecified atom stereocenters. The third-order valence-electron chi connectivity index (χ3n) is 6.10. The summed E-state index contributed by atoms with van der Waals surface area (Å²) < 4.78 is 2.05. The Labute approximate surface area is 177 Å².